The first-order valence-corrected chi connectivity index (χ1v) is 7.84. The van der Waals surface area contributed by atoms with Crippen LogP contribution in [0.3, 0.4) is 0 Å². The van der Waals surface area contributed by atoms with Crippen molar-refractivity contribution in [3.8, 4) is 0 Å². The first kappa shape index (κ1) is 18.6. The molecular weight excluding hydrogens is 308 g/mol. The summed E-state index contributed by atoms with van der Waals surface area (Å²) in [4.78, 5) is 11.3. The highest BCUT2D eigenvalue weighted by molar-refractivity contribution is 5.66. The van der Waals surface area contributed by atoms with Gasteiger partial charge in [-0.25, -0.2) is 0 Å². The average Bonchev–Trinajstić information content (AvgIpc) is 2.42. The minimum atomic E-state index is -1.00. The Bertz CT molecular complexity index is 391. The lowest BCUT2D eigenvalue weighted by molar-refractivity contribution is -0.304. The van der Waals surface area contributed by atoms with E-state index in [0.717, 1.165) is 0 Å². The van der Waals surface area contributed by atoms with E-state index in [2.05, 4.69) is 0 Å². The maximum absolute atomic E-state index is 11.3. The molecule has 0 aromatic heterocycles. The molecule has 2 rings (SSSR count). The van der Waals surface area contributed by atoms with E-state index in [1.807, 2.05) is 0 Å². The lowest BCUT2D eigenvalue weighted by atomic mass is 10.00. The van der Waals surface area contributed by atoms with Crippen LogP contribution in [0.1, 0.15) is 33.6 Å². The molecule has 2 heterocycles. The molecule has 0 aliphatic carbocycles. The third-order valence-electron chi connectivity index (χ3n) is 4.18. The Kier molecular flexibility index (Phi) is 6.35. The van der Waals surface area contributed by atoms with Crippen LogP contribution in [-0.2, 0) is 28.5 Å². The standard InChI is InChI=1S/C15H26O8/c1-7-14(19-4)10(17)5-13(21-7)23-11-6-12(18)20-8(2)15(11)22-9(3)16/h7-8,10-15,17-18H,5-6H2,1-4H3/t7-,8-,10-,11+,12-,13-,14+,15+/m1/s1. The molecule has 2 fully saturated rings. The van der Waals surface area contributed by atoms with Crippen LogP contribution >= 0.6 is 0 Å². The molecule has 8 heteroatoms. The van der Waals surface area contributed by atoms with Crippen LogP contribution in [0.25, 0.3) is 0 Å². The van der Waals surface area contributed by atoms with Gasteiger partial charge in [-0.3, -0.25) is 4.79 Å². The van der Waals surface area contributed by atoms with Crippen LogP contribution in [-0.4, -0.2) is 72.5 Å². The first-order chi connectivity index (χ1) is 10.8. The Morgan fingerprint density at radius 1 is 1.09 bits per heavy atom. The molecule has 2 N–H and O–H groups in total. The van der Waals surface area contributed by atoms with Crippen LogP contribution in [0.2, 0.25) is 0 Å². The van der Waals surface area contributed by atoms with Gasteiger partial charge >= 0.3 is 5.97 Å². The number of esters is 1. The van der Waals surface area contributed by atoms with Crippen molar-refractivity contribution in [2.45, 2.75) is 82.8 Å². The normalized spacial score (nSPS) is 44.8. The fraction of sp³-hybridized carbons (Fsp3) is 0.933. The minimum absolute atomic E-state index is 0.153. The van der Waals surface area contributed by atoms with Gasteiger partial charge in [-0.1, -0.05) is 0 Å². The zero-order valence-corrected chi connectivity index (χ0v) is 13.9. The van der Waals surface area contributed by atoms with E-state index < -0.39 is 49.1 Å². The molecule has 0 radical (unpaired) electrons. The van der Waals surface area contributed by atoms with Crippen LogP contribution in [0.5, 0.6) is 0 Å². The number of rotatable bonds is 4. The second-order valence-corrected chi connectivity index (χ2v) is 6.05. The highest BCUT2D eigenvalue weighted by Crippen LogP contribution is 2.29. The molecular formula is C15H26O8. The van der Waals surface area contributed by atoms with E-state index in [-0.39, 0.29) is 18.9 Å². The summed E-state index contributed by atoms with van der Waals surface area (Å²) in [5.41, 5.74) is 0. The van der Waals surface area contributed by atoms with Gasteiger partial charge in [0.25, 0.3) is 0 Å². The highest BCUT2D eigenvalue weighted by Gasteiger charge is 2.43. The van der Waals surface area contributed by atoms with Crippen molar-refractivity contribution in [3.63, 3.8) is 0 Å². The maximum Gasteiger partial charge on any atom is 0.303 e. The molecule has 8 atom stereocenters. The molecule has 2 aliphatic heterocycles. The Labute approximate surface area is 135 Å². The average molecular weight is 334 g/mol. The van der Waals surface area contributed by atoms with E-state index in [1.54, 1.807) is 13.8 Å². The Hall–Kier alpha value is -0.770. The monoisotopic (exact) mass is 334 g/mol. The summed E-state index contributed by atoms with van der Waals surface area (Å²) in [5.74, 6) is -0.451. The summed E-state index contributed by atoms with van der Waals surface area (Å²) in [5, 5.41) is 19.9. The van der Waals surface area contributed by atoms with E-state index in [0.29, 0.717) is 0 Å². The first-order valence-electron chi connectivity index (χ1n) is 7.84. The summed E-state index contributed by atoms with van der Waals surface area (Å²) >= 11 is 0. The zero-order valence-electron chi connectivity index (χ0n) is 13.9. The van der Waals surface area contributed by atoms with Gasteiger partial charge in [0.05, 0.1) is 18.3 Å². The van der Waals surface area contributed by atoms with Crippen molar-refractivity contribution in [2.75, 3.05) is 7.11 Å². The largest absolute Gasteiger partial charge is 0.457 e. The second kappa shape index (κ2) is 7.87. The van der Waals surface area contributed by atoms with E-state index in [4.69, 9.17) is 23.7 Å². The maximum atomic E-state index is 11.3. The molecule has 23 heavy (non-hydrogen) atoms. The predicted molar refractivity (Wildman–Crippen MR) is 77.4 cm³/mol. The quantitative estimate of drug-likeness (QED) is 0.689. The van der Waals surface area contributed by atoms with Gasteiger partial charge in [0, 0.05) is 26.9 Å². The number of hydrogen-bond donors (Lipinski definition) is 2. The van der Waals surface area contributed by atoms with Gasteiger partial charge in [0.1, 0.15) is 12.2 Å². The molecule has 0 saturated carbocycles. The molecule has 0 amide bonds. The number of carbonyl (C=O) groups is 1. The van der Waals surface area contributed by atoms with Gasteiger partial charge in [-0.15, -0.1) is 0 Å². The zero-order chi connectivity index (χ0) is 17.1. The van der Waals surface area contributed by atoms with Gasteiger partial charge in [0.15, 0.2) is 18.7 Å². The van der Waals surface area contributed by atoms with Crippen molar-refractivity contribution < 1.29 is 38.7 Å². The van der Waals surface area contributed by atoms with Crippen LogP contribution in [0.4, 0.5) is 0 Å². The predicted octanol–water partition coefficient (Wildman–Crippen LogP) is -0.0587. The molecule has 0 bridgehead atoms. The van der Waals surface area contributed by atoms with Gasteiger partial charge in [0.2, 0.25) is 0 Å². The highest BCUT2D eigenvalue weighted by atomic mass is 16.7. The summed E-state index contributed by atoms with van der Waals surface area (Å²) in [7, 11) is 1.52. The molecule has 0 aromatic carbocycles. The molecule has 8 nitrogen and oxygen atoms in total. The van der Waals surface area contributed by atoms with Crippen molar-refractivity contribution >= 4 is 5.97 Å². The van der Waals surface area contributed by atoms with Gasteiger partial charge in [-0.2, -0.15) is 0 Å². The van der Waals surface area contributed by atoms with Gasteiger partial charge in [-0.05, 0) is 13.8 Å². The van der Waals surface area contributed by atoms with E-state index in [9.17, 15) is 15.0 Å². The molecule has 2 aliphatic rings. The lowest BCUT2D eigenvalue weighted by Crippen LogP contribution is -2.54. The molecule has 134 valence electrons. The number of methoxy groups -OCH3 is 1. The Morgan fingerprint density at radius 3 is 2.30 bits per heavy atom. The molecule has 2 saturated heterocycles. The summed E-state index contributed by atoms with van der Waals surface area (Å²) in [6.45, 7) is 4.80. The second-order valence-electron chi connectivity index (χ2n) is 6.05. The van der Waals surface area contributed by atoms with E-state index >= 15 is 0 Å². The van der Waals surface area contributed by atoms with Crippen molar-refractivity contribution in [1.82, 2.24) is 0 Å². The molecule has 0 unspecified atom stereocenters. The number of aliphatic hydroxyl groups excluding tert-OH is 2. The van der Waals surface area contributed by atoms with Crippen LogP contribution in [0.15, 0.2) is 0 Å². The van der Waals surface area contributed by atoms with Crippen LogP contribution in [0, 0.1) is 0 Å². The van der Waals surface area contributed by atoms with Gasteiger partial charge < -0.3 is 33.9 Å². The fourth-order valence-corrected chi connectivity index (χ4v) is 3.16. The van der Waals surface area contributed by atoms with Crippen LogP contribution < -0.4 is 0 Å². The topological polar surface area (TPSA) is 104 Å². The number of carbonyl (C=O) groups excluding carboxylic acids is 1. The summed E-state index contributed by atoms with van der Waals surface area (Å²) < 4.78 is 27.3. The van der Waals surface area contributed by atoms with E-state index in [1.165, 1.54) is 14.0 Å². The number of ether oxygens (including phenoxy) is 5. The SMILES string of the molecule is CO[C@@H]1[C@H](O)C[C@@H](O[C@H]2C[C@H](O)O[C@H](C)[C@@H]2OC(C)=O)O[C@@H]1C. The number of aliphatic hydroxyl groups is 2. The third kappa shape index (κ3) is 4.62. The van der Waals surface area contributed by atoms with Crippen molar-refractivity contribution in [2.24, 2.45) is 0 Å². The number of hydrogen-bond acceptors (Lipinski definition) is 8. The summed E-state index contributed by atoms with van der Waals surface area (Å²) in [6, 6.07) is 0. The Morgan fingerprint density at radius 2 is 1.74 bits per heavy atom. The molecule has 0 aromatic rings. The third-order valence-corrected chi connectivity index (χ3v) is 4.18. The molecule has 0 spiro atoms. The fourth-order valence-electron chi connectivity index (χ4n) is 3.16. The van der Waals surface area contributed by atoms with Crippen molar-refractivity contribution in [3.05, 3.63) is 0 Å². The Balaban J connectivity index is 2.02. The van der Waals surface area contributed by atoms with Crippen molar-refractivity contribution in [1.29, 1.82) is 0 Å². The minimum Gasteiger partial charge on any atom is -0.457 e. The summed E-state index contributed by atoms with van der Waals surface area (Å²) in [6.07, 6.45) is -4.51. The smallest absolute Gasteiger partial charge is 0.303 e. The lowest BCUT2D eigenvalue weighted by Gasteiger charge is -2.42.